The zero-order chi connectivity index (χ0) is 16.5. The lowest BCUT2D eigenvalue weighted by molar-refractivity contribution is -0.120. The summed E-state index contributed by atoms with van der Waals surface area (Å²) >= 11 is 0. The first-order chi connectivity index (χ1) is 11.1. The van der Waals surface area contributed by atoms with E-state index in [1.165, 1.54) is 0 Å². The van der Waals surface area contributed by atoms with Crippen molar-refractivity contribution in [2.75, 3.05) is 6.54 Å². The van der Waals surface area contributed by atoms with Crippen molar-refractivity contribution in [3.63, 3.8) is 0 Å². The van der Waals surface area contributed by atoms with Crippen molar-refractivity contribution < 1.29 is 9.59 Å². The Morgan fingerprint density at radius 1 is 1.04 bits per heavy atom. The number of rotatable bonds is 6. The molecule has 0 saturated heterocycles. The molecule has 1 aromatic carbocycles. The van der Waals surface area contributed by atoms with E-state index in [0.717, 1.165) is 11.3 Å². The summed E-state index contributed by atoms with van der Waals surface area (Å²) in [5.41, 5.74) is 1.77. The maximum atomic E-state index is 11.8. The van der Waals surface area contributed by atoms with Crippen LogP contribution in [0.15, 0.2) is 54.7 Å². The molecule has 120 valence electrons. The summed E-state index contributed by atoms with van der Waals surface area (Å²) in [7, 11) is 0. The van der Waals surface area contributed by atoms with Gasteiger partial charge in [0, 0.05) is 12.7 Å². The largest absolute Gasteiger partial charge is 0.346 e. The van der Waals surface area contributed by atoms with Gasteiger partial charge in [0.25, 0.3) is 0 Å². The van der Waals surface area contributed by atoms with Crippen molar-refractivity contribution in [2.45, 2.75) is 19.5 Å². The molecule has 3 N–H and O–H groups in total. The average molecular weight is 312 g/mol. The van der Waals surface area contributed by atoms with Gasteiger partial charge in [-0.1, -0.05) is 36.4 Å². The van der Waals surface area contributed by atoms with Gasteiger partial charge in [-0.05, 0) is 24.6 Å². The second kappa shape index (κ2) is 8.53. The molecular formula is C17H20N4O2. The minimum atomic E-state index is -0.380. The summed E-state index contributed by atoms with van der Waals surface area (Å²) < 4.78 is 0. The highest BCUT2D eigenvalue weighted by atomic mass is 16.2. The van der Waals surface area contributed by atoms with E-state index in [-0.39, 0.29) is 24.5 Å². The molecule has 0 spiro atoms. The molecule has 0 fully saturated rings. The van der Waals surface area contributed by atoms with Crippen LogP contribution < -0.4 is 16.0 Å². The van der Waals surface area contributed by atoms with Gasteiger partial charge in [0.15, 0.2) is 0 Å². The average Bonchev–Trinajstić information content (AvgIpc) is 2.60. The molecule has 0 bridgehead atoms. The van der Waals surface area contributed by atoms with E-state index >= 15 is 0 Å². The van der Waals surface area contributed by atoms with Gasteiger partial charge in [0.2, 0.25) is 5.91 Å². The number of aromatic nitrogens is 1. The zero-order valence-corrected chi connectivity index (χ0v) is 13.0. The second-order valence-electron chi connectivity index (χ2n) is 5.07. The monoisotopic (exact) mass is 312 g/mol. The minimum absolute atomic E-state index is 0.0855. The number of nitrogens with one attached hydrogen (secondary N) is 3. The van der Waals surface area contributed by atoms with Gasteiger partial charge in [0.1, 0.15) is 0 Å². The Morgan fingerprint density at radius 2 is 1.78 bits per heavy atom. The van der Waals surface area contributed by atoms with E-state index in [0.29, 0.717) is 6.54 Å². The lowest BCUT2D eigenvalue weighted by Gasteiger charge is -2.14. The van der Waals surface area contributed by atoms with Crippen LogP contribution in [0.1, 0.15) is 24.2 Å². The van der Waals surface area contributed by atoms with Gasteiger partial charge in [-0.25, -0.2) is 4.79 Å². The number of hydrogen-bond acceptors (Lipinski definition) is 3. The van der Waals surface area contributed by atoms with E-state index < -0.39 is 0 Å². The first kappa shape index (κ1) is 16.5. The molecule has 0 saturated carbocycles. The van der Waals surface area contributed by atoms with Crippen LogP contribution in [-0.4, -0.2) is 23.5 Å². The van der Waals surface area contributed by atoms with Gasteiger partial charge >= 0.3 is 6.03 Å². The third-order valence-corrected chi connectivity index (χ3v) is 3.21. The fraction of sp³-hybridized carbons (Fsp3) is 0.235. The Balaban J connectivity index is 1.68. The van der Waals surface area contributed by atoms with Crippen molar-refractivity contribution >= 4 is 11.9 Å². The van der Waals surface area contributed by atoms with Crippen LogP contribution in [0.2, 0.25) is 0 Å². The molecule has 0 aliphatic carbocycles. The first-order valence-electron chi connectivity index (χ1n) is 7.41. The number of pyridine rings is 1. The molecule has 0 aliphatic rings. The molecule has 2 rings (SSSR count). The first-order valence-corrected chi connectivity index (χ1v) is 7.41. The van der Waals surface area contributed by atoms with Crippen LogP contribution in [-0.2, 0) is 11.3 Å². The number of hydrogen-bond donors (Lipinski definition) is 3. The topological polar surface area (TPSA) is 83.1 Å². The van der Waals surface area contributed by atoms with Crippen molar-refractivity contribution in [1.29, 1.82) is 0 Å². The number of carbonyl (C=O) groups is 2. The molecule has 6 nitrogen and oxygen atoms in total. The van der Waals surface area contributed by atoms with Crippen molar-refractivity contribution in [2.24, 2.45) is 0 Å². The highest BCUT2D eigenvalue weighted by Gasteiger charge is 2.11. The summed E-state index contributed by atoms with van der Waals surface area (Å²) in [5.74, 6) is -0.266. The van der Waals surface area contributed by atoms with Crippen molar-refractivity contribution in [1.82, 2.24) is 20.9 Å². The molecule has 1 unspecified atom stereocenters. The van der Waals surface area contributed by atoms with E-state index in [2.05, 4.69) is 20.9 Å². The molecule has 1 aromatic heterocycles. The van der Waals surface area contributed by atoms with Crippen LogP contribution >= 0.6 is 0 Å². The Labute approximate surface area is 135 Å². The van der Waals surface area contributed by atoms with E-state index in [4.69, 9.17) is 0 Å². The number of urea groups is 1. The van der Waals surface area contributed by atoms with Crippen molar-refractivity contribution in [3.8, 4) is 0 Å². The molecule has 1 heterocycles. The Morgan fingerprint density at radius 3 is 2.48 bits per heavy atom. The third-order valence-electron chi connectivity index (χ3n) is 3.21. The minimum Gasteiger partial charge on any atom is -0.346 e. The van der Waals surface area contributed by atoms with Gasteiger partial charge in [0.05, 0.1) is 18.3 Å². The maximum absolute atomic E-state index is 11.8. The highest BCUT2D eigenvalue weighted by Crippen LogP contribution is 2.06. The predicted molar refractivity (Wildman–Crippen MR) is 87.5 cm³/mol. The van der Waals surface area contributed by atoms with Gasteiger partial charge in [-0.2, -0.15) is 0 Å². The summed E-state index contributed by atoms with van der Waals surface area (Å²) in [6, 6.07) is 14.5. The maximum Gasteiger partial charge on any atom is 0.315 e. The molecule has 3 amide bonds. The molecule has 6 heteroatoms. The van der Waals surface area contributed by atoms with E-state index in [9.17, 15) is 9.59 Å². The lowest BCUT2D eigenvalue weighted by atomic mass is 10.2. The third kappa shape index (κ3) is 5.78. The fourth-order valence-corrected chi connectivity index (χ4v) is 2.00. The molecule has 2 aromatic rings. The smallest absolute Gasteiger partial charge is 0.315 e. The van der Waals surface area contributed by atoms with Crippen LogP contribution in [0.4, 0.5) is 4.79 Å². The highest BCUT2D eigenvalue weighted by molar-refractivity contribution is 5.84. The summed E-state index contributed by atoms with van der Waals surface area (Å²) in [6.07, 6.45) is 1.67. The summed E-state index contributed by atoms with van der Waals surface area (Å²) in [5, 5.41) is 8.01. The summed E-state index contributed by atoms with van der Waals surface area (Å²) in [6.45, 7) is 2.17. The Kier molecular flexibility index (Phi) is 6.11. The van der Waals surface area contributed by atoms with Crippen LogP contribution in [0.3, 0.4) is 0 Å². The van der Waals surface area contributed by atoms with Crippen LogP contribution in [0, 0.1) is 0 Å². The molecule has 0 radical (unpaired) electrons. The van der Waals surface area contributed by atoms with Crippen LogP contribution in [0.5, 0.6) is 0 Å². The standard InChI is InChI=1S/C17H20N4O2/c1-13(15-9-5-6-10-18-15)21-16(22)12-20-17(23)19-11-14-7-3-2-4-8-14/h2-10,13H,11-12H2,1H3,(H,21,22)(H2,19,20,23). The van der Waals surface area contributed by atoms with E-state index in [1.54, 1.807) is 6.20 Å². The molecule has 23 heavy (non-hydrogen) atoms. The predicted octanol–water partition coefficient (Wildman–Crippen LogP) is 1.76. The number of nitrogens with zero attached hydrogens (tertiary/aromatic N) is 1. The van der Waals surface area contributed by atoms with Gasteiger partial charge < -0.3 is 16.0 Å². The second-order valence-corrected chi connectivity index (χ2v) is 5.07. The number of amides is 3. The fourth-order valence-electron chi connectivity index (χ4n) is 2.00. The number of carbonyl (C=O) groups excluding carboxylic acids is 2. The normalized spacial score (nSPS) is 11.3. The molecule has 1 atom stereocenters. The Bertz CT molecular complexity index is 632. The Hall–Kier alpha value is -2.89. The SMILES string of the molecule is CC(NC(=O)CNC(=O)NCc1ccccc1)c1ccccn1. The number of benzene rings is 1. The van der Waals surface area contributed by atoms with Crippen molar-refractivity contribution in [3.05, 3.63) is 66.0 Å². The quantitative estimate of drug-likeness (QED) is 0.760. The van der Waals surface area contributed by atoms with Crippen LogP contribution in [0.25, 0.3) is 0 Å². The van der Waals surface area contributed by atoms with Gasteiger partial charge in [-0.3, -0.25) is 9.78 Å². The molecule has 0 aliphatic heterocycles. The van der Waals surface area contributed by atoms with Gasteiger partial charge in [-0.15, -0.1) is 0 Å². The lowest BCUT2D eigenvalue weighted by Crippen LogP contribution is -2.42. The summed E-state index contributed by atoms with van der Waals surface area (Å²) in [4.78, 5) is 27.7. The zero-order valence-electron chi connectivity index (χ0n) is 13.0. The molecular weight excluding hydrogens is 292 g/mol. The van der Waals surface area contributed by atoms with E-state index in [1.807, 2.05) is 55.5 Å².